The van der Waals surface area contributed by atoms with Crippen LogP contribution in [0.2, 0.25) is 0 Å². The van der Waals surface area contributed by atoms with E-state index in [2.05, 4.69) is 58.1 Å². The molecule has 3 heteroatoms. The Morgan fingerprint density at radius 1 is 1.25 bits per heavy atom. The SMILES string of the molecule is CCCNC1c2cc(C(C)(C)C)ccc2S(=O)C1CC. The first-order valence-electron chi connectivity index (χ1n) is 7.68. The lowest BCUT2D eigenvalue weighted by molar-refractivity contribution is 0.502. The summed E-state index contributed by atoms with van der Waals surface area (Å²) in [5.74, 6) is 0. The van der Waals surface area contributed by atoms with Gasteiger partial charge in [-0.1, -0.05) is 46.8 Å². The zero-order chi connectivity index (χ0) is 14.9. The second-order valence-corrected chi connectivity index (χ2v) is 8.32. The summed E-state index contributed by atoms with van der Waals surface area (Å²) in [6.45, 7) is 12.0. The van der Waals surface area contributed by atoms with E-state index in [1.165, 1.54) is 11.1 Å². The van der Waals surface area contributed by atoms with Crippen molar-refractivity contribution in [3.63, 3.8) is 0 Å². The maximum atomic E-state index is 12.6. The lowest BCUT2D eigenvalue weighted by Crippen LogP contribution is -2.30. The molecule has 2 rings (SSSR count). The standard InChI is InChI=1S/C17H27NOS/c1-6-10-18-16-13-11-12(17(3,4)5)8-9-15(13)20(19)14(16)7-2/h8-9,11,14,16,18H,6-7,10H2,1-5H3. The van der Waals surface area contributed by atoms with Crippen molar-refractivity contribution in [3.05, 3.63) is 29.3 Å². The Morgan fingerprint density at radius 3 is 2.50 bits per heavy atom. The molecule has 0 saturated carbocycles. The van der Waals surface area contributed by atoms with Gasteiger partial charge < -0.3 is 5.32 Å². The smallest absolute Gasteiger partial charge is 0.0587 e. The third-order valence-corrected chi connectivity index (χ3v) is 6.05. The van der Waals surface area contributed by atoms with Crippen LogP contribution in [0.15, 0.2) is 23.1 Å². The predicted octanol–water partition coefficient (Wildman–Crippen LogP) is 3.92. The normalized spacial score (nSPS) is 25.8. The molecule has 1 aromatic rings. The zero-order valence-corrected chi connectivity index (χ0v) is 14.1. The molecule has 0 spiro atoms. The minimum Gasteiger partial charge on any atom is -0.309 e. The molecule has 1 aliphatic rings. The summed E-state index contributed by atoms with van der Waals surface area (Å²) in [6, 6.07) is 6.75. The molecule has 0 saturated heterocycles. The van der Waals surface area contributed by atoms with Crippen molar-refractivity contribution in [2.24, 2.45) is 0 Å². The fourth-order valence-corrected chi connectivity index (χ4v) is 4.60. The number of benzene rings is 1. The maximum Gasteiger partial charge on any atom is 0.0587 e. The Hall–Kier alpha value is -0.670. The monoisotopic (exact) mass is 293 g/mol. The van der Waals surface area contributed by atoms with Gasteiger partial charge in [0.15, 0.2) is 0 Å². The van der Waals surface area contributed by atoms with Crippen molar-refractivity contribution in [1.82, 2.24) is 5.32 Å². The lowest BCUT2D eigenvalue weighted by Gasteiger charge is -2.22. The van der Waals surface area contributed by atoms with Crippen LogP contribution in [0.3, 0.4) is 0 Å². The molecule has 0 aromatic heterocycles. The van der Waals surface area contributed by atoms with E-state index in [0.717, 1.165) is 24.3 Å². The van der Waals surface area contributed by atoms with E-state index in [1.807, 2.05) is 0 Å². The molecule has 3 unspecified atom stereocenters. The molecule has 1 heterocycles. The van der Waals surface area contributed by atoms with Gasteiger partial charge in [0.1, 0.15) is 0 Å². The number of fused-ring (bicyclic) bond motifs is 1. The minimum atomic E-state index is -0.867. The summed E-state index contributed by atoms with van der Waals surface area (Å²) in [7, 11) is -0.867. The Labute approximate surface area is 125 Å². The first-order chi connectivity index (χ1) is 9.40. The Kier molecular flexibility index (Phi) is 4.70. The average molecular weight is 293 g/mol. The van der Waals surface area contributed by atoms with E-state index in [9.17, 15) is 4.21 Å². The van der Waals surface area contributed by atoms with Gasteiger partial charge in [-0.15, -0.1) is 0 Å². The maximum absolute atomic E-state index is 12.6. The molecule has 0 radical (unpaired) electrons. The van der Waals surface area contributed by atoms with Crippen molar-refractivity contribution in [1.29, 1.82) is 0 Å². The quantitative estimate of drug-likeness (QED) is 0.911. The highest BCUT2D eigenvalue weighted by molar-refractivity contribution is 7.86. The summed E-state index contributed by atoms with van der Waals surface area (Å²) in [5, 5.41) is 3.82. The van der Waals surface area contributed by atoms with Crippen LogP contribution >= 0.6 is 0 Å². The van der Waals surface area contributed by atoms with E-state index in [0.29, 0.717) is 0 Å². The van der Waals surface area contributed by atoms with Gasteiger partial charge in [-0.2, -0.15) is 0 Å². The molecule has 112 valence electrons. The highest BCUT2D eigenvalue weighted by atomic mass is 32.2. The first kappa shape index (κ1) is 15.7. The highest BCUT2D eigenvalue weighted by Gasteiger charge is 2.37. The van der Waals surface area contributed by atoms with E-state index in [-0.39, 0.29) is 16.7 Å². The predicted molar refractivity (Wildman–Crippen MR) is 86.7 cm³/mol. The molecule has 0 amide bonds. The molecule has 3 atom stereocenters. The van der Waals surface area contributed by atoms with Gasteiger partial charge >= 0.3 is 0 Å². The molecule has 20 heavy (non-hydrogen) atoms. The van der Waals surface area contributed by atoms with Crippen molar-refractivity contribution in [2.75, 3.05) is 6.54 Å². The van der Waals surface area contributed by atoms with Crippen molar-refractivity contribution < 1.29 is 4.21 Å². The van der Waals surface area contributed by atoms with Crippen LogP contribution in [0.4, 0.5) is 0 Å². The van der Waals surface area contributed by atoms with Crippen LogP contribution in [0.25, 0.3) is 0 Å². The van der Waals surface area contributed by atoms with Crippen LogP contribution in [-0.2, 0) is 16.2 Å². The molecule has 0 aliphatic carbocycles. The van der Waals surface area contributed by atoms with Gasteiger partial charge in [0.25, 0.3) is 0 Å². The fraction of sp³-hybridized carbons (Fsp3) is 0.647. The van der Waals surface area contributed by atoms with E-state index >= 15 is 0 Å². The van der Waals surface area contributed by atoms with E-state index in [1.54, 1.807) is 0 Å². The highest BCUT2D eigenvalue weighted by Crippen LogP contribution is 2.40. The van der Waals surface area contributed by atoms with Gasteiger partial charge in [0.05, 0.1) is 16.0 Å². The van der Waals surface area contributed by atoms with Crippen molar-refractivity contribution >= 4 is 10.8 Å². The lowest BCUT2D eigenvalue weighted by atomic mass is 9.85. The topological polar surface area (TPSA) is 29.1 Å². The summed E-state index contributed by atoms with van der Waals surface area (Å²) in [4.78, 5) is 1.04. The van der Waals surface area contributed by atoms with Gasteiger partial charge in [0.2, 0.25) is 0 Å². The molecule has 1 aliphatic heterocycles. The molecule has 0 fully saturated rings. The summed E-state index contributed by atoms with van der Waals surface area (Å²) in [6.07, 6.45) is 2.06. The van der Waals surface area contributed by atoms with Crippen LogP contribution < -0.4 is 5.32 Å². The molecule has 1 aromatic carbocycles. The van der Waals surface area contributed by atoms with Gasteiger partial charge in [-0.3, -0.25) is 4.21 Å². The van der Waals surface area contributed by atoms with Crippen molar-refractivity contribution in [2.45, 2.75) is 69.1 Å². The number of hydrogen-bond acceptors (Lipinski definition) is 2. The minimum absolute atomic E-state index is 0.135. The second-order valence-electron chi connectivity index (χ2n) is 6.68. The third-order valence-electron chi connectivity index (χ3n) is 4.09. The van der Waals surface area contributed by atoms with Gasteiger partial charge in [-0.05, 0) is 42.0 Å². The second kappa shape index (κ2) is 5.98. The molecular formula is C17H27NOS. The number of rotatable bonds is 4. The Balaban J connectivity index is 2.43. The van der Waals surface area contributed by atoms with Gasteiger partial charge in [-0.25, -0.2) is 0 Å². The largest absolute Gasteiger partial charge is 0.309 e. The molecule has 2 nitrogen and oxygen atoms in total. The Morgan fingerprint density at radius 2 is 1.95 bits per heavy atom. The average Bonchev–Trinajstić information content (AvgIpc) is 2.67. The molecule has 0 bridgehead atoms. The van der Waals surface area contributed by atoms with E-state index < -0.39 is 10.8 Å². The fourth-order valence-electron chi connectivity index (χ4n) is 2.86. The van der Waals surface area contributed by atoms with Crippen molar-refractivity contribution in [3.8, 4) is 0 Å². The van der Waals surface area contributed by atoms with E-state index in [4.69, 9.17) is 0 Å². The summed E-state index contributed by atoms with van der Waals surface area (Å²) in [5.41, 5.74) is 2.72. The number of nitrogens with one attached hydrogen (secondary N) is 1. The molecule has 1 N–H and O–H groups in total. The summed E-state index contributed by atoms with van der Waals surface area (Å²) < 4.78 is 12.6. The molecular weight excluding hydrogens is 266 g/mol. The summed E-state index contributed by atoms with van der Waals surface area (Å²) >= 11 is 0. The van der Waals surface area contributed by atoms with Crippen LogP contribution in [-0.4, -0.2) is 16.0 Å². The third kappa shape index (κ3) is 2.84. The zero-order valence-electron chi connectivity index (χ0n) is 13.3. The van der Waals surface area contributed by atoms with Crippen LogP contribution in [0.1, 0.15) is 64.6 Å². The first-order valence-corrected chi connectivity index (χ1v) is 8.89. The van der Waals surface area contributed by atoms with Crippen LogP contribution in [0, 0.1) is 0 Å². The van der Waals surface area contributed by atoms with Crippen LogP contribution in [0.5, 0.6) is 0 Å². The number of hydrogen-bond donors (Lipinski definition) is 1. The van der Waals surface area contributed by atoms with Gasteiger partial charge in [0, 0.05) is 10.9 Å². The Bertz CT molecular complexity index is 504.